The van der Waals surface area contributed by atoms with Gasteiger partial charge in [-0.1, -0.05) is 0 Å². The summed E-state index contributed by atoms with van der Waals surface area (Å²) >= 11 is 2.76. The summed E-state index contributed by atoms with van der Waals surface area (Å²) in [5.41, 5.74) is 1.15. The van der Waals surface area contributed by atoms with Crippen molar-refractivity contribution < 1.29 is 19.1 Å². The van der Waals surface area contributed by atoms with Crippen molar-refractivity contribution in [3.63, 3.8) is 0 Å². The van der Waals surface area contributed by atoms with Crippen molar-refractivity contribution >= 4 is 46.0 Å². The van der Waals surface area contributed by atoms with Gasteiger partial charge in [0.15, 0.2) is 0 Å². The summed E-state index contributed by atoms with van der Waals surface area (Å²) in [6.45, 7) is 2.61. The molecule has 28 heavy (non-hydrogen) atoms. The summed E-state index contributed by atoms with van der Waals surface area (Å²) in [5, 5.41) is 8.75. The number of carbonyl (C=O) groups is 3. The maximum Gasteiger partial charge on any atom is 0.313 e. The molecule has 2 heterocycles. The number of hydrogen-bond donors (Lipinski definition) is 2. The third-order valence-electron chi connectivity index (χ3n) is 3.72. The molecule has 3 rings (SSSR count). The highest BCUT2D eigenvalue weighted by Gasteiger charge is 2.16. The molecule has 2 N–H and O–H groups in total. The highest BCUT2D eigenvalue weighted by atomic mass is 32.1. The van der Waals surface area contributed by atoms with Crippen molar-refractivity contribution in [3.8, 4) is 5.75 Å². The predicted molar refractivity (Wildman–Crippen MR) is 110 cm³/mol. The number of carbonyl (C=O) groups excluding carboxylic acids is 3. The smallest absolute Gasteiger partial charge is 0.313 e. The number of hydrogen-bond acceptors (Lipinski definition) is 6. The van der Waals surface area contributed by atoms with Crippen LogP contribution in [-0.2, 0) is 16.1 Å². The van der Waals surface area contributed by atoms with E-state index in [9.17, 15) is 14.4 Å². The van der Waals surface area contributed by atoms with Crippen molar-refractivity contribution in [3.05, 3.63) is 68.5 Å². The molecule has 0 aliphatic heterocycles. The number of ether oxygens (including phenoxy) is 1. The summed E-state index contributed by atoms with van der Waals surface area (Å²) in [6.07, 6.45) is 0. The van der Waals surface area contributed by atoms with E-state index >= 15 is 0 Å². The number of benzene rings is 1. The van der Waals surface area contributed by atoms with Gasteiger partial charge < -0.3 is 15.4 Å². The first kappa shape index (κ1) is 19.8. The molecular weight excluding hydrogens is 396 g/mol. The van der Waals surface area contributed by atoms with E-state index in [1.54, 1.807) is 47.8 Å². The quantitative estimate of drug-likeness (QED) is 0.456. The molecule has 0 atom stereocenters. The van der Waals surface area contributed by atoms with E-state index in [0.717, 1.165) is 4.88 Å². The lowest BCUT2D eigenvalue weighted by molar-refractivity contribution is -0.136. The van der Waals surface area contributed by atoms with Crippen molar-refractivity contribution in [2.24, 2.45) is 0 Å². The van der Waals surface area contributed by atoms with Crippen LogP contribution in [0.5, 0.6) is 5.75 Å². The average molecular weight is 415 g/mol. The Morgan fingerprint density at radius 2 is 1.79 bits per heavy atom. The SMILES string of the molecule is CCOc1ccc(NC(=O)C(=O)NCc2ccc(C(=O)c3ccsc3)s2)cc1. The molecule has 8 heteroatoms. The maximum absolute atomic E-state index is 12.3. The van der Waals surface area contributed by atoms with Crippen LogP contribution in [-0.4, -0.2) is 24.2 Å². The van der Waals surface area contributed by atoms with Crippen molar-refractivity contribution in [1.82, 2.24) is 5.32 Å². The zero-order chi connectivity index (χ0) is 19.9. The first-order valence-corrected chi connectivity index (χ1v) is 10.3. The van der Waals surface area contributed by atoms with Crippen molar-refractivity contribution in [1.29, 1.82) is 0 Å². The summed E-state index contributed by atoms with van der Waals surface area (Å²) in [7, 11) is 0. The molecule has 0 fully saturated rings. The number of nitrogens with one attached hydrogen (secondary N) is 2. The van der Waals surface area contributed by atoms with Crippen LogP contribution in [0.25, 0.3) is 0 Å². The second kappa shape index (κ2) is 9.29. The second-order valence-electron chi connectivity index (χ2n) is 5.70. The zero-order valence-electron chi connectivity index (χ0n) is 15.1. The first-order valence-electron chi connectivity index (χ1n) is 8.54. The third-order valence-corrected chi connectivity index (χ3v) is 5.49. The van der Waals surface area contributed by atoms with E-state index in [2.05, 4.69) is 10.6 Å². The monoisotopic (exact) mass is 414 g/mol. The number of ketones is 1. The number of rotatable bonds is 7. The molecule has 6 nitrogen and oxygen atoms in total. The Labute approximate surface area is 170 Å². The fourth-order valence-electron chi connectivity index (χ4n) is 2.37. The molecule has 2 amide bonds. The van der Waals surface area contributed by atoms with E-state index in [1.807, 2.05) is 12.3 Å². The Morgan fingerprint density at radius 1 is 1.00 bits per heavy atom. The number of anilines is 1. The summed E-state index contributed by atoms with van der Waals surface area (Å²) in [5.74, 6) is -0.851. The molecule has 0 saturated carbocycles. The van der Waals surface area contributed by atoms with Crippen molar-refractivity contribution in [2.75, 3.05) is 11.9 Å². The molecule has 0 spiro atoms. The van der Waals surface area contributed by atoms with Gasteiger partial charge in [0, 0.05) is 21.5 Å². The lowest BCUT2D eigenvalue weighted by Crippen LogP contribution is -2.34. The minimum atomic E-state index is -0.754. The molecule has 2 aromatic heterocycles. The highest BCUT2D eigenvalue weighted by Crippen LogP contribution is 2.21. The van der Waals surface area contributed by atoms with Gasteiger partial charge in [-0.3, -0.25) is 14.4 Å². The largest absolute Gasteiger partial charge is 0.494 e. The standard InChI is InChI=1S/C20H18N2O4S2/c1-2-26-15-5-3-14(4-6-15)22-20(25)19(24)21-11-16-7-8-17(28-16)18(23)13-9-10-27-12-13/h3-10,12H,2,11H2,1H3,(H,21,24)(H,22,25). The number of amides is 2. The van der Waals surface area contributed by atoms with Gasteiger partial charge in [0.2, 0.25) is 5.78 Å². The molecule has 1 aromatic carbocycles. The molecule has 0 bridgehead atoms. The molecule has 0 aliphatic carbocycles. The third kappa shape index (κ3) is 5.05. The van der Waals surface area contributed by atoms with Crippen LogP contribution in [0, 0.1) is 0 Å². The summed E-state index contributed by atoms with van der Waals surface area (Å²) in [6, 6.07) is 12.0. The normalized spacial score (nSPS) is 10.3. The molecule has 0 radical (unpaired) electrons. The fourth-order valence-corrected chi connectivity index (χ4v) is 3.91. The van der Waals surface area contributed by atoms with E-state index in [0.29, 0.717) is 28.5 Å². The van der Waals surface area contributed by atoms with Gasteiger partial charge in [-0.25, -0.2) is 0 Å². The molecule has 0 aliphatic rings. The van der Waals surface area contributed by atoms with E-state index in [-0.39, 0.29) is 12.3 Å². The van der Waals surface area contributed by atoms with E-state index in [4.69, 9.17) is 4.74 Å². The van der Waals surface area contributed by atoms with Gasteiger partial charge in [0.25, 0.3) is 0 Å². The van der Waals surface area contributed by atoms with Gasteiger partial charge in [-0.15, -0.1) is 11.3 Å². The lowest BCUT2D eigenvalue weighted by atomic mass is 10.2. The highest BCUT2D eigenvalue weighted by molar-refractivity contribution is 7.14. The molecular formula is C20H18N2O4S2. The average Bonchev–Trinajstić information content (AvgIpc) is 3.39. The lowest BCUT2D eigenvalue weighted by Gasteiger charge is -2.07. The minimum absolute atomic E-state index is 0.0444. The topological polar surface area (TPSA) is 84.5 Å². The van der Waals surface area contributed by atoms with Crippen LogP contribution in [0.1, 0.15) is 27.0 Å². The number of thiophene rings is 2. The van der Waals surface area contributed by atoms with Gasteiger partial charge >= 0.3 is 11.8 Å². The van der Waals surface area contributed by atoms with E-state index < -0.39 is 11.8 Å². The molecule has 144 valence electrons. The zero-order valence-corrected chi connectivity index (χ0v) is 16.7. The van der Waals surface area contributed by atoms with Crippen LogP contribution in [0.3, 0.4) is 0 Å². The Bertz CT molecular complexity index is 963. The molecule has 3 aromatic rings. The van der Waals surface area contributed by atoms with Gasteiger partial charge in [0.05, 0.1) is 18.0 Å². The fraction of sp³-hybridized carbons (Fsp3) is 0.150. The summed E-state index contributed by atoms with van der Waals surface area (Å²) < 4.78 is 5.33. The molecule has 0 unspecified atom stereocenters. The van der Waals surface area contributed by atoms with Gasteiger partial charge in [-0.2, -0.15) is 11.3 Å². The van der Waals surface area contributed by atoms with Crippen LogP contribution in [0.15, 0.2) is 53.2 Å². The maximum atomic E-state index is 12.3. The Hall–Kier alpha value is -2.97. The summed E-state index contributed by atoms with van der Waals surface area (Å²) in [4.78, 5) is 37.7. The van der Waals surface area contributed by atoms with Crippen LogP contribution in [0.4, 0.5) is 5.69 Å². The van der Waals surface area contributed by atoms with Crippen LogP contribution < -0.4 is 15.4 Å². The Morgan fingerprint density at radius 3 is 2.46 bits per heavy atom. The van der Waals surface area contributed by atoms with Gasteiger partial charge in [0.1, 0.15) is 5.75 Å². The Balaban J connectivity index is 1.51. The predicted octanol–water partition coefficient (Wildman–Crippen LogP) is 3.69. The van der Waals surface area contributed by atoms with E-state index in [1.165, 1.54) is 22.7 Å². The Kier molecular flexibility index (Phi) is 6.57. The van der Waals surface area contributed by atoms with Crippen LogP contribution in [0.2, 0.25) is 0 Å². The minimum Gasteiger partial charge on any atom is -0.494 e. The van der Waals surface area contributed by atoms with Gasteiger partial charge in [-0.05, 0) is 54.8 Å². The van der Waals surface area contributed by atoms with Crippen molar-refractivity contribution in [2.45, 2.75) is 13.5 Å². The second-order valence-corrected chi connectivity index (χ2v) is 7.65. The first-order chi connectivity index (χ1) is 13.6. The van der Waals surface area contributed by atoms with Crippen LogP contribution >= 0.6 is 22.7 Å². The molecule has 0 saturated heterocycles.